The maximum absolute atomic E-state index is 12.9. The summed E-state index contributed by atoms with van der Waals surface area (Å²) in [6, 6.07) is 7.66. The van der Waals surface area contributed by atoms with E-state index in [9.17, 15) is 4.39 Å². The molecule has 2 heteroatoms. The molecule has 1 aliphatic carbocycles. The van der Waals surface area contributed by atoms with Gasteiger partial charge < -0.3 is 4.90 Å². The second-order valence-electron chi connectivity index (χ2n) is 5.41. The summed E-state index contributed by atoms with van der Waals surface area (Å²) >= 11 is 0. The average Bonchev–Trinajstić information content (AvgIpc) is 2.94. The molecule has 1 aromatic carbocycles. The molecule has 1 aliphatic heterocycles. The highest BCUT2D eigenvalue weighted by molar-refractivity contribution is 5.66. The largest absolute Gasteiger partial charge is 0.300 e. The molecule has 0 bridgehead atoms. The van der Waals surface area contributed by atoms with Crippen molar-refractivity contribution in [2.45, 2.75) is 38.1 Å². The van der Waals surface area contributed by atoms with Crippen molar-refractivity contribution in [1.82, 2.24) is 4.90 Å². The minimum atomic E-state index is -0.148. The third-order valence-electron chi connectivity index (χ3n) is 4.26. The molecule has 2 aliphatic rings. The van der Waals surface area contributed by atoms with E-state index in [1.165, 1.54) is 43.5 Å². The van der Waals surface area contributed by atoms with Gasteiger partial charge in [-0.05, 0) is 68.5 Å². The first-order chi connectivity index (χ1) is 8.83. The molecular weight excluding hydrogens is 225 g/mol. The van der Waals surface area contributed by atoms with Crippen LogP contribution >= 0.6 is 0 Å². The van der Waals surface area contributed by atoms with Crippen LogP contribution in [-0.2, 0) is 0 Å². The fourth-order valence-electron chi connectivity index (χ4n) is 3.18. The van der Waals surface area contributed by atoms with Gasteiger partial charge in [0.2, 0.25) is 0 Å². The number of allylic oxidation sites excluding steroid dienone is 1. The summed E-state index contributed by atoms with van der Waals surface area (Å²) in [5.74, 6) is -0.148. The zero-order valence-corrected chi connectivity index (χ0v) is 10.7. The summed E-state index contributed by atoms with van der Waals surface area (Å²) in [5.41, 5.74) is 2.58. The van der Waals surface area contributed by atoms with Gasteiger partial charge in [-0.15, -0.1) is 0 Å². The molecule has 0 N–H and O–H groups in total. The molecule has 0 unspecified atom stereocenters. The molecule has 3 rings (SSSR count). The van der Waals surface area contributed by atoms with Crippen LogP contribution in [0.2, 0.25) is 0 Å². The Kier molecular flexibility index (Phi) is 3.46. The first kappa shape index (κ1) is 11.9. The maximum atomic E-state index is 12.9. The molecule has 1 aromatic rings. The summed E-state index contributed by atoms with van der Waals surface area (Å²) in [5, 5.41) is 0. The Morgan fingerprint density at radius 1 is 1.06 bits per heavy atom. The van der Waals surface area contributed by atoms with E-state index in [0.717, 1.165) is 18.9 Å². The fraction of sp³-hybridized carbons (Fsp3) is 0.500. The monoisotopic (exact) mass is 245 g/mol. The SMILES string of the molecule is Fc1ccc(C2=CC[C@@H](N3CCCC3)CC2)cc1. The number of hydrogen-bond donors (Lipinski definition) is 0. The zero-order chi connectivity index (χ0) is 12.4. The number of rotatable bonds is 2. The van der Waals surface area contributed by atoms with Crippen LogP contribution in [0.15, 0.2) is 30.3 Å². The van der Waals surface area contributed by atoms with Crippen molar-refractivity contribution < 1.29 is 4.39 Å². The topological polar surface area (TPSA) is 3.24 Å². The summed E-state index contributed by atoms with van der Waals surface area (Å²) in [4.78, 5) is 2.64. The smallest absolute Gasteiger partial charge is 0.123 e. The molecule has 0 amide bonds. The van der Waals surface area contributed by atoms with E-state index in [4.69, 9.17) is 0 Å². The number of hydrogen-bond acceptors (Lipinski definition) is 1. The van der Waals surface area contributed by atoms with Crippen LogP contribution in [-0.4, -0.2) is 24.0 Å². The van der Waals surface area contributed by atoms with Gasteiger partial charge in [0.1, 0.15) is 5.82 Å². The molecule has 1 saturated heterocycles. The molecule has 1 atom stereocenters. The van der Waals surface area contributed by atoms with E-state index in [-0.39, 0.29) is 5.82 Å². The van der Waals surface area contributed by atoms with Crippen molar-refractivity contribution in [3.8, 4) is 0 Å². The molecule has 1 fully saturated rings. The standard InChI is InChI=1S/C16H20FN/c17-15-7-3-13(4-8-15)14-5-9-16(10-6-14)18-11-1-2-12-18/h3-5,7-8,16H,1-2,6,9-12H2/t16-/m1/s1. The Hall–Kier alpha value is -1.15. The average molecular weight is 245 g/mol. The van der Waals surface area contributed by atoms with Gasteiger partial charge in [0.15, 0.2) is 0 Å². The van der Waals surface area contributed by atoms with Gasteiger partial charge in [-0.25, -0.2) is 4.39 Å². The molecule has 0 aromatic heterocycles. The first-order valence-electron chi connectivity index (χ1n) is 7.02. The molecule has 0 spiro atoms. The minimum Gasteiger partial charge on any atom is -0.300 e. The van der Waals surface area contributed by atoms with Gasteiger partial charge in [0.05, 0.1) is 0 Å². The Balaban J connectivity index is 1.67. The molecule has 96 valence electrons. The normalized spacial score (nSPS) is 25.2. The van der Waals surface area contributed by atoms with Crippen molar-refractivity contribution in [3.63, 3.8) is 0 Å². The van der Waals surface area contributed by atoms with Crippen molar-refractivity contribution >= 4 is 5.57 Å². The first-order valence-corrected chi connectivity index (χ1v) is 7.02. The van der Waals surface area contributed by atoms with E-state index in [1.54, 1.807) is 12.1 Å². The highest BCUT2D eigenvalue weighted by Crippen LogP contribution is 2.30. The second kappa shape index (κ2) is 5.23. The molecular formula is C16H20FN. The number of likely N-dealkylation sites (tertiary alicyclic amines) is 1. The fourth-order valence-corrected chi connectivity index (χ4v) is 3.18. The summed E-state index contributed by atoms with van der Waals surface area (Å²) in [6.45, 7) is 2.56. The van der Waals surface area contributed by atoms with Gasteiger partial charge >= 0.3 is 0 Å². The predicted molar refractivity (Wildman–Crippen MR) is 72.8 cm³/mol. The van der Waals surface area contributed by atoms with Crippen LogP contribution in [0.25, 0.3) is 5.57 Å². The number of halogens is 1. The van der Waals surface area contributed by atoms with Crippen molar-refractivity contribution in [2.24, 2.45) is 0 Å². The van der Waals surface area contributed by atoms with Crippen LogP contribution in [0.3, 0.4) is 0 Å². The lowest BCUT2D eigenvalue weighted by atomic mass is 9.90. The van der Waals surface area contributed by atoms with Crippen LogP contribution in [0.4, 0.5) is 4.39 Å². The molecule has 18 heavy (non-hydrogen) atoms. The van der Waals surface area contributed by atoms with Crippen LogP contribution < -0.4 is 0 Å². The van der Waals surface area contributed by atoms with E-state index in [1.807, 2.05) is 12.1 Å². The van der Waals surface area contributed by atoms with Gasteiger partial charge in [-0.3, -0.25) is 0 Å². The third-order valence-corrected chi connectivity index (χ3v) is 4.26. The van der Waals surface area contributed by atoms with E-state index in [2.05, 4.69) is 11.0 Å². The molecule has 0 radical (unpaired) electrons. The molecule has 0 saturated carbocycles. The molecule has 1 nitrogen and oxygen atoms in total. The van der Waals surface area contributed by atoms with Crippen LogP contribution in [0.1, 0.15) is 37.7 Å². The van der Waals surface area contributed by atoms with E-state index in [0.29, 0.717) is 0 Å². The minimum absolute atomic E-state index is 0.148. The van der Waals surface area contributed by atoms with Gasteiger partial charge in [-0.1, -0.05) is 18.2 Å². The van der Waals surface area contributed by atoms with Crippen molar-refractivity contribution in [3.05, 3.63) is 41.7 Å². The second-order valence-corrected chi connectivity index (χ2v) is 5.41. The number of benzene rings is 1. The molecule has 1 heterocycles. The van der Waals surface area contributed by atoms with Crippen LogP contribution in [0.5, 0.6) is 0 Å². The van der Waals surface area contributed by atoms with E-state index >= 15 is 0 Å². The van der Waals surface area contributed by atoms with Crippen LogP contribution in [0, 0.1) is 5.82 Å². The summed E-state index contributed by atoms with van der Waals surface area (Å²) in [6.07, 6.45) is 8.64. The summed E-state index contributed by atoms with van der Waals surface area (Å²) in [7, 11) is 0. The lowest BCUT2D eigenvalue weighted by molar-refractivity contribution is 0.229. The Morgan fingerprint density at radius 3 is 2.39 bits per heavy atom. The lowest BCUT2D eigenvalue weighted by Gasteiger charge is -2.30. The zero-order valence-electron chi connectivity index (χ0n) is 10.7. The van der Waals surface area contributed by atoms with Gasteiger partial charge in [0, 0.05) is 6.04 Å². The highest BCUT2D eigenvalue weighted by atomic mass is 19.1. The van der Waals surface area contributed by atoms with Gasteiger partial charge in [-0.2, -0.15) is 0 Å². The maximum Gasteiger partial charge on any atom is 0.123 e. The Bertz CT molecular complexity index is 429. The third kappa shape index (κ3) is 2.49. The van der Waals surface area contributed by atoms with Crippen molar-refractivity contribution in [2.75, 3.05) is 13.1 Å². The van der Waals surface area contributed by atoms with Gasteiger partial charge in [0.25, 0.3) is 0 Å². The predicted octanol–water partition coefficient (Wildman–Crippen LogP) is 3.86. The Morgan fingerprint density at radius 2 is 1.78 bits per heavy atom. The van der Waals surface area contributed by atoms with Crippen molar-refractivity contribution in [1.29, 1.82) is 0 Å². The summed E-state index contributed by atoms with van der Waals surface area (Å²) < 4.78 is 12.9. The van der Waals surface area contributed by atoms with E-state index < -0.39 is 0 Å². The lowest BCUT2D eigenvalue weighted by Crippen LogP contribution is -2.33. The quantitative estimate of drug-likeness (QED) is 0.764. The highest BCUT2D eigenvalue weighted by Gasteiger charge is 2.23. The Labute approximate surface area is 108 Å². The number of nitrogens with zero attached hydrogens (tertiary/aromatic N) is 1.